The highest BCUT2D eigenvalue weighted by Crippen LogP contribution is 2.26. The fourth-order valence-electron chi connectivity index (χ4n) is 6.76. The fraction of sp³-hybridized carbons (Fsp3) is 0.646. The zero-order valence-electron chi connectivity index (χ0n) is 40.4. The second-order valence-electron chi connectivity index (χ2n) is 17.3. The van der Waals surface area contributed by atoms with Crippen LogP contribution in [0.25, 0.3) is 0 Å². The summed E-state index contributed by atoms with van der Waals surface area (Å²) < 4.78 is 17.9. The van der Waals surface area contributed by atoms with Crippen LogP contribution in [0, 0.1) is 23.7 Å². The molecule has 1 aromatic carbocycles. The van der Waals surface area contributed by atoms with Crippen LogP contribution in [0.2, 0.25) is 0 Å². The van der Waals surface area contributed by atoms with Gasteiger partial charge in [-0.15, -0.1) is 11.8 Å². The Morgan fingerprint density at radius 1 is 0.857 bits per heavy atom. The third kappa shape index (κ3) is 19.0. The topological polar surface area (TPSA) is 178 Å². The molecule has 15 heteroatoms. The SMILES string of the molecule is C/C=C(\C)[C@@H](OC(=O)C(C)C)[C@H](C)[C@H](C/C=C(\C)C(=O)O[C@H](CC(C)C)C(=O)N[C@@H](C)C(=O)N(C)[C@H](Cc1ccccc1)C(=O)N(C)CC(=O)N[C@H](C(C)=O)C(C)CC)OCSC. The minimum Gasteiger partial charge on any atom is -0.457 e. The van der Waals surface area contributed by atoms with Crippen LogP contribution >= 0.6 is 11.8 Å². The number of hydrogen-bond donors (Lipinski definition) is 2. The van der Waals surface area contributed by atoms with Crippen molar-refractivity contribution in [1.82, 2.24) is 20.4 Å². The second kappa shape index (κ2) is 28.3. The number of carbonyl (C=O) groups excluding carboxylic acids is 7. The molecule has 1 unspecified atom stereocenters. The molecule has 0 aliphatic carbocycles. The molecular weight excluding hydrogens is 825 g/mol. The maximum Gasteiger partial charge on any atom is 0.334 e. The minimum absolute atomic E-state index is 0.0615. The van der Waals surface area contributed by atoms with Crippen LogP contribution in [0.1, 0.15) is 108 Å². The maximum absolute atomic E-state index is 14.0. The molecule has 0 saturated carbocycles. The Morgan fingerprint density at radius 3 is 2.00 bits per heavy atom. The number of amides is 4. The van der Waals surface area contributed by atoms with Crippen molar-refractivity contribution < 1.29 is 47.8 Å². The Bertz CT molecular complexity index is 1730. The summed E-state index contributed by atoms with van der Waals surface area (Å²) in [5.74, 6) is -3.86. The molecule has 8 atom stereocenters. The summed E-state index contributed by atoms with van der Waals surface area (Å²) >= 11 is 1.50. The highest BCUT2D eigenvalue weighted by molar-refractivity contribution is 7.98. The van der Waals surface area contributed by atoms with Gasteiger partial charge in [0.05, 0.1) is 30.5 Å². The molecule has 354 valence electrons. The summed E-state index contributed by atoms with van der Waals surface area (Å²) in [4.78, 5) is 95.8. The van der Waals surface area contributed by atoms with E-state index in [0.717, 1.165) is 11.1 Å². The lowest BCUT2D eigenvalue weighted by Crippen LogP contribution is -2.56. The molecular formula is C48H76N4O10S. The predicted octanol–water partition coefficient (Wildman–Crippen LogP) is 6.31. The molecule has 0 heterocycles. The quantitative estimate of drug-likeness (QED) is 0.0438. The minimum atomic E-state index is -1.23. The van der Waals surface area contributed by atoms with E-state index in [9.17, 15) is 33.6 Å². The number of ether oxygens (including phenoxy) is 3. The smallest absolute Gasteiger partial charge is 0.334 e. The summed E-state index contributed by atoms with van der Waals surface area (Å²) in [6.07, 6.45) is 4.57. The lowest BCUT2D eigenvalue weighted by atomic mass is 9.90. The van der Waals surface area contributed by atoms with Crippen molar-refractivity contribution in [2.24, 2.45) is 23.7 Å². The summed E-state index contributed by atoms with van der Waals surface area (Å²) in [5, 5.41) is 5.45. The number of carbonyl (C=O) groups is 7. The van der Waals surface area contributed by atoms with Gasteiger partial charge in [0.15, 0.2) is 11.9 Å². The number of rotatable bonds is 27. The Morgan fingerprint density at radius 2 is 1.48 bits per heavy atom. The third-order valence-corrected chi connectivity index (χ3v) is 11.5. The van der Waals surface area contributed by atoms with E-state index < -0.39 is 66.0 Å². The summed E-state index contributed by atoms with van der Waals surface area (Å²) in [5.41, 5.74) is 1.90. The first kappa shape index (κ1) is 56.5. The lowest BCUT2D eigenvalue weighted by molar-refractivity contribution is -0.155. The first-order valence-corrected chi connectivity index (χ1v) is 23.4. The van der Waals surface area contributed by atoms with Crippen LogP contribution in [0.4, 0.5) is 0 Å². The summed E-state index contributed by atoms with van der Waals surface area (Å²) in [6.45, 7) is 21.0. The number of allylic oxidation sites excluding steroid dienone is 1. The van der Waals surface area contributed by atoms with Gasteiger partial charge in [-0.2, -0.15) is 0 Å². The molecule has 0 aromatic heterocycles. The molecule has 2 N–H and O–H groups in total. The average Bonchev–Trinajstić information content (AvgIpc) is 3.24. The third-order valence-electron chi connectivity index (χ3n) is 11.1. The number of ketones is 1. The number of nitrogens with one attached hydrogen (secondary N) is 2. The molecule has 1 rings (SSSR count). The number of thioether (sulfide) groups is 1. The molecule has 0 radical (unpaired) electrons. The first-order valence-electron chi connectivity index (χ1n) is 22.0. The van der Waals surface area contributed by atoms with E-state index in [2.05, 4.69) is 10.6 Å². The van der Waals surface area contributed by atoms with E-state index in [1.165, 1.54) is 49.5 Å². The standard InChI is InChI=1S/C48H76N4O10S/c1-16-31(7)42(36(12)53)50-41(54)27-51(13)46(57)38(26-37-21-19-18-20-22-37)52(14)45(56)35(11)49-44(55)40(25-29(3)4)61-48(59)33(9)23-24-39(60-28-63-15)34(10)43(32(8)17-2)62-47(58)30(5)6/h17-23,29-31,34-35,38-40,42-43H,16,24-28H2,1-15H3,(H,49,55)(H,50,54)/b32-17+,33-23+/t31?,34-,35+,38-,39+,40-,42+,43-/m1/s1. The van der Waals surface area contributed by atoms with Crippen LogP contribution in [-0.2, 0) is 54.2 Å². The zero-order chi connectivity index (χ0) is 48.1. The van der Waals surface area contributed by atoms with E-state index in [1.54, 1.807) is 26.8 Å². The molecule has 14 nitrogen and oxygen atoms in total. The molecule has 63 heavy (non-hydrogen) atoms. The highest BCUT2D eigenvalue weighted by Gasteiger charge is 2.36. The van der Waals surface area contributed by atoms with Crippen LogP contribution in [0.3, 0.4) is 0 Å². The van der Waals surface area contributed by atoms with Gasteiger partial charge < -0.3 is 34.6 Å². The van der Waals surface area contributed by atoms with Crippen molar-refractivity contribution in [3.63, 3.8) is 0 Å². The molecule has 0 saturated heterocycles. The molecule has 4 amide bonds. The highest BCUT2D eigenvalue weighted by atomic mass is 32.2. The van der Waals surface area contributed by atoms with Gasteiger partial charge in [0, 0.05) is 32.0 Å². The number of nitrogens with zero attached hydrogens (tertiary/aromatic N) is 2. The van der Waals surface area contributed by atoms with E-state index in [4.69, 9.17) is 14.2 Å². The lowest BCUT2D eigenvalue weighted by Gasteiger charge is -2.33. The van der Waals surface area contributed by atoms with Crippen LogP contribution < -0.4 is 10.6 Å². The predicted molar refractivity (Wildman–Crippen MR) is 248 cm³/mol. The largest absolute Gasteiger partial charge is 0.457 e. The van der Waals surface area contributed by atoms with Crippen molar-refractivity contribution in [2.45, 2.75) is 145 Å². The van der Waals surface area contributed by atoms with Crippen molar-refractivity contribution in [3.8, 4) is 0 Å². The Kier molecular flexibility index (Phi) is 25.4. The van der Waals surface area contributed by atoms with E-state index >= 15 is 0 Å². The van der Waals surface area contributed by atoms with Crippen molar-refractivity contribution >= 4 is 53.1 Å². The van der Waals surface area contributed by atoms with Crippen molar-refractivity contribution in [1.29, 1.82) is 0 Å². The van der Waals surface area contributed by atoms with Crippen LogP contribution in [0.5, 0.6) is 0 Å². The van der Waals surface area contributed by atoms with Crippen molar-refractivity contribution in [3.05, 3.63) is 59.2 Å². The molecule has 0 aliphatic heterocycles. The Balaban J connectivity index is 3.27. The number of likely N-dealkylation sites (N-methyl/N-ethyl adjacent to an activating group) is 2. The number of Topliss-reactive ketones (excluding diaryl/α,β-unsaturated/α-hetero) is 1. The monoisotopic (exact) mass is 901 g/mol. The van der Waals surface area contributed by atoms with Crippen LogP contribution in [-0.4, -0.2) is 120 Å². The van der Waals surface area contributed by atoms with Gasteiger partial charge in [-0.05, 0) is 76.7 Å². The normalized spacial score (nSPS) is 15.8. The summed E-state index contributed by atoms with van der Waals surface area (Å²) in [6, 6.07) is 6.23. The molecule has 0 bridgehead atoms. The Labute approximate surface area is 381 Å². The number of esters is 2. The van der Waals surface area contributed by atoms with Gasteiger partial charge in [0.1, 0.15) is 18.2 Å². The van der Waals surface area contributed by atoms with Gasteiger partial charge in [-0.1, -0.05) is 97.4 Å². The van der Waals surface area contributed by atoms with Gasteiger partial charge >= 0.3 is 11.9 Å². The van der Waals surface area contributed by atoms with Gasteiger partial charge in [0.2, 0.25) is 17.7 Å². The second-order valence-corrected chi connectivity index (χ2v) is 18.1. The van der Waals surface area contributed by atoms with E-state index in [1.807, 2.05) is 91.1 Å². The van der Waals surface area contributed by atoms with Gasteiger partial charge in [-0.25, -0.2) is 4.79 Å². The van der Waals surface area contributed by atoms with Crippen molar-refractivity contribution in [2.75, 3.05) is 32.8 Å². The van der Waals surface area contributed by atoms with Gasteiger partial charge in [0.25, 0.3) is 5.91 Å². The van der Waals surface area contributed by atoms with E-state index in [-0.39, 0.29) is 60.4 Å². The van der Waals surface area contributed by atoms with Crippen LogP contribution in [0.15, 0.2) is 53.6 Å². The first-order chi connectivity index (χ1) is 29.5. The fourth-order valence-corrected chi connectivity index (χ4v) is 7.07. The zero-order valence-corrected chi connectivity index (χ0v) is 41.3. The average molecular weight is 901 g/mol. The molecule has 0 aliphatic rings. The number of benzene rings is 1. The maximum atomic E-state index is 14.0. The number of hydrogen-bond acceptors (Lipinski definition) is 11. The molecule has 1 aromatic rings. The molecule has 0 fully saturated rings. The van der Waals surface area contributed by atoms with Gasteiger partial charge in [-0.3, -0.25) is 28.8 Å². The molecule has 0 spiro atoms. The Hall–Kier alpha value is -4.50. The summed E-state index contributed by atoms with van der Waals surface area (Å²) in [7, 11) is 2.92. The van der Waals surface area contributed by atoms with E-state index in [0.29, 0.717) is 18.8 Å².